The van der Waals surface area contributed by atoms with E-state index in [2.05, 4.69) is 19.5 Å². The van der Waals surface area contributed by atoms with Gasteiger partial charge < -0.3 is 11.1 Å². The maximum absolute atomic E-state index is 10.9. The van der Waals surface area contributed by atoms with Crippen LogP contribution in [-0.4, -0.2) is 29.7 Å². The Kier molecular flexibility index (Phi) is 3.22. The molecule has 0 radical (unpaired) electrons. The second kappa shape index (κ2) is 4.46. The summed E-state index contributed by atoms with van der Waals surface area (Å²) < 4.78 is 18.2. The summed E-state index contributed by atoms with van der Waals surface area (Å²) in [6.07, 6.45) is 2.77. The van der Waals surface area contributed by atoms with E-state index in [1.807, 2.05) is 0 Å². The van der Waals surface area contributed by atoms with Crippen LogP contribution < -0.4 is 15.8 Å². The largest absolute Gasteiger partial charge is 0.338 e. The van der Waals surface area contributed by atoms with Crippen molar-refractivity contribution in [2.45, 2.75) is 19.3 Å². The molecule has 0 saturated carbocycles. The van der Waals surface area contributed by atoms with E-state index < -0.39 is 11.3 Å². The molecule has 1 fully saturated rings. The molecule has 0 bridgehead atoms. The van der Waals surface area contributed by atoms with Crippen LogP contribution in [0.1, 0.15) is 19.3 Å². The molecule has 0 spiro atoms. The standard InChI is InChI=1S/C8H16N4O2S/c9-6-8(1-3-10-4-2-8)5-7-11-14-15(13)12-7/h10H,1-6,9H2,(H,11,12). The number of nitrogens with zero attached hydrogens (tertiary/aromatic N) is 1. The number of nitrogens with two attached hydrogens (primary N) is 1. The van der Waals surface area contributed by atoms with Crippen molar-refractivity contribution in [2.24, 2.45) is 16.3 Å². The zero-order valence-corrected chi connectivity index (χ0v) is 9.31. The third-order valence-corrected chi connectivity index (χ3v) is 3.67. The summed E-state index contributed by atoms with van der Waals surface area (Å²) in [5.74, 6) is 0.653. The molecule has 1 unspecified atom stereocenters. The summed E-state index contributed by atoms with van der Waals surface area (Å²) in [6.45, 7) is 2.59. The van der Waals surface area contributed by atoms with E-state index >= 15 is 0 Å². The van der Waals surface area contributed by atoms with E-state index in [0.29, 0.717) is 12.4 Å². The molecule has 7 heteroatoms. The minimum atomic E-state index is -1.49. The Morgan fingerprint density at radius 1 is 1.53 bits per heavy atom. The van der Waals surface area contributed by atoms with Gasteiger partial charge in [-0.2, -0.15) is 4.21 Å². The second-order valence-corrected chi connectivity index (χ2v) is 4.90. The molecule has 86 valence electrons. The molecular weight excluding hydrogens is 216 g/mol. The number of hydrogen-bond acceptors (Lipinski definition) is 5. The fourth-order valence-corrected chi connectivity index (χ4v) is 2.54. The molecule has 2 aliphatic rings. The Bertz CT molecular complexity index is 288. The topological polar surface area (TPSA) is 88.7 Å². The molecule has 2 rings (SSSR count). The first-order valence-corrected chi connectivity index (χ1v) is 6.15. The Hall–Kier alpha value is -0.660. The normalized spacial score (nSPS) is 29.1. The smallest absolute Gasteiger partial charge is 0.330 e. The third kappa shape index (κ3) is 2.47. The number of nitrogens with one attached hydrogen (secondary N) is 2. The lowest BCUT2D eigenvalue weighted by Gasteiger charge is -2.36. The lowest BCUT2D eigenvalue weighted by Crippen LogP contribution is -2.44. The van der Waals surface area contributed by atoms with Crippen LogP contribution in [0.15, 0.2) is 5.16 Å². The van der Waals surface area contributed by atoms with Gasteiger partial charge in [-0.1, -0.05) is 5.16 Å². The van der Waals surface area contributed by atoms with Gasteiger partial charge in [-0.15, -0.1) is 0 Å². The average molecular weight is 232 g/mol. The van der Waals surface area contributed by atoms with E-state index in [1.165, 1.54) is 0 Å². The highest BCUT2D eigenvalue weighted by atomic mass is 32.2. The molecule has 0 aromatic carbocycles. The zero-order valence-electron chi connectivity index (χ0n) is 8.49. The lowest BCUT2D eigenvalue weighted by molar-refractivity contribution is 0.219. The fraction of sp³-hybridized carbons (Fsp3) is 0.875. The van der Waals surface area contributed by atoms with Crippen LogP contribution in [0.3, 0.4) is 0 Å². The monoisotopic (exact) mass is 232 g/mol. The summed E-state index contributed by atoms with van der Waals surface area (Å²) in [7, 11) is 0. The maximum Gasteiger partial charge on any atom is 0.338 e. The van der Waals surface area contributed by atoms with Crippen LogP contribution in [0.2, 0.25) is 0 Å². The van der Waals surface area contributed by atoms with Gasteiger partial charge in [-0.3, -0.25) is 9.01 Å². The van der Waals surface area contributed by atoms with E-state index in [0.717, 1.165) is 32.4 Å². The van der Waals surface area contributed by atoms with Crippen LogP contribution >= 0.6 is 0 Å². The van der Waals surface area contributed by atoms with Crippen LogP contribution in [0.4, 0.5) is 0 Å². The molecule has 0 amide bonds. The minimum absolute atomic E-state index is 0.0784. The molecule has 1 atom stereocenters. The molecule has 0 aromatic heterocycles. The average Bonchev–Trinajstić information content (AvgIpc) is 2.65. The van der Waals surface area contributed by atoms with Gasteiger partial charge in [0.1, 0.15) is 0 Å². The second-order valence-electron chi connectivity index (χ2n) is 4.08. The summed E-state index contributed by atoms with van der Waals surface area (Å²) in [5.41, 5.74) is 5.90. The first kappa shape index (κ1) is 10.8. The van der Waals surface area contributed by atoms with Crippen molar-refractivity contribution in [1.29, 1.82) is 0 Å². The Labute approximate surface area is 91.4 Å². The van der Waals surface area contributed by atoms with Crippen molar-refractivity contribution >= 4 is 17.1 Å². The first-order chi connectivity index (χ1) is 7.24. The van der Waals surface area contributed by atoms with E-state index in [1.54, 1.807) is 0 Å². The van der Waals surface area contributed by atoms with Crippen LogP contribution in [0.25, 0.3) is 0 Å². The third-order valence-electron chi connectivity index (χ3n) is 3.06. The van der Waals surface area contributed by atoms with Crippen molar-refractivity contribution in [3.05, 3.63) is 0 Å². The van der Waals surface area contributed by atoms with Crippen LogP contribution in [-0.2, 0) is 15.6 Å². The predicted octanol–water partition coefficient (Wildman–Crippen LogP) is -0.783. The summed E-state index contributed by atoms with van der Waals surface area (Å²) in [5, 5.41) is 7.03. The lowest BCUT2D eigenvalue weighted by atomic mass is 9.76. The van der Waals surface area contributed by atoms with Crippen LogP contribution in [0.5, 0.6) is 0 Å². The highest BCUT2D eigenvalue weighted by molar-refractivity contribution is 7.79. The maximum atomic E-state index is 10.9. The summed E-state index contributed by atoms with van der Waals surface area (Å²) in [6, 6.07) is 0. The Morgan fingerprint density at radius 3 is 2.80 bits per heavy atom. The number of piperidine rings is 1. The van der Waals surface area contributed by atoms with E-state index in [-0.39, 0.29) is 5.41 Å². The van der Waals surface area contributed by atoms with Gasteiger partial charge in [0.25, 0.3) is 0 Å². The quantitative estimate of drug-likeness (QED) is 0.595. The minimum Gasteiger partial charge on any atom is -0.330 e. The van der Waals surface area contributed by atoms with Gasteiger partial charge in [0.2, 0.25) is 0 Å². The SMILES string of the molecule is NCC1(CC2=NOS(=O)N2)CCNCC1. The Balaban J connectivity index is 1.98. The molecule has 15 heavy (non-hydrogen) atoms. The molecule has 0 aliphatic carbocycles. The number of rotatable bonds is 3. The van der Waals surface area contributed by atoms with Crippen molar-refractivity contribution in [1.82, 2.24) is 10.0 Å². The van der Waals surface area contributed by atoms with Crippen molar-refractivity contribution in [2.75, 3.05) is 19.6 Å². The molecule has 6 nitrogen and oxygen atoms in total. The number of oxime groups is 1. The number of hydrogen-bond donors (Lipinski definition) is 3. The zero-order chi connectivity index (χ0) is 10.7. The summed E-state index contributed by atoms with van der Waals surface area (Å²) in [4.78, 5) is 0. The first-order valence-electron chi connectivity index (χ1n) is 5.08. The highest BCUT2D eigenvalue weighted by Gasteiger charge is 2.34. The van der Waals surface area contributed by atoms with E-state index in [4.69, 9.17) is 5.73 Å². The molecule has 1 saturated heterocycles. The molecule has 4 N–H and O–H groups in total. The highest BCUT2D eigenvalue weighted by Crippen LogP contribution is 2.32. The molecule has 2 aliphatic heterocycles. The van der Waals surface area contributed by atoms with Gasteiger partial charge in [0.05, 0.1) is 0 Å². The van der Waals surface area contributed by atoms with Gasteiger partial charge in [0, 0.05) is 6.42 Å². The summed E-state index contributed by atoms with van der Waals surface area (Å²) >= 11 is -1.49. The van der Waals surface area contributed by atoms with Crippen molar-refractivity contribution in [3.63, 3.8) is 0 Å². The van der Waals surface area contributed by atoms with Crippen LogP contribution in [0, 0.1) is 5.41 Å². The molecule has 2 heterocycles. The number of amidine groups is 1. The predicted molar refractivity (Wildman–Crippen MR) is 58.0 cm³/mol. The molecular formula is C8H16N4O2S. The van der Waals surface area contributed by atoms with Crippen molar-refractivity contribution in [3.8, 4) is 0 Å². The fourth-order valence-electron chi connectivity index (χ4n) is 2.05. The Morgan fingerprint density at radius 2 is 2.27 bits per heavy atom. The molecule has 0 aromatic rings. The van der Waals surface area contributed by atoms with Gasteiger partial charge in [0.15, 0.2) is 5.84 Å². The van der Waals surface area contributed by atoms with Gasteiger partial charge in [-0.25, -0.2) is 0 Å². The van der Waals surface area contributed by atoms with E-state index in [9.17, 15) is 4.21 Å². The van der Waals surface area contributed by atoms with Gasteiger partial charge >= 0.3 is 11.3 Å². The van der Waals surface area contributed by atoms with Gasteiger partial charge in [-0.05, 0) is 37.9 Å². The van der Waals surface area contributed by atoms with Crippen molar-refractivity contribution < 1.29 is 8.49 Å².